The third-order valence-electron chi connectivity index (χ3n) is 10.2. The number of H-pyrrole nitrogens is 2. The Hall–Kier alpha value is -5.58. The number of aromatic amines is 2. The van der Waals surface area contributed by atoms with E-state index in [1.165, 1.54) is 14.2 Å². The zero-order valence-corrected chi connectivity index (χ0v) is 34.4. The highest BCUT2D eigenvalue weighted by Crippen LogP contribution is 2.32. The first-order valence-corrected chi connectivity index (χ1v) is 19.5. The van der Waals surface area contributed by atoms with Crippen LogP contribution in [0.5, 0.6) is 0 Å². The molecule has 6 atom stereocenters. The molecule has 1 aliphatic heterocycles. The Morgan fingerprint density at radius 2 is 1.28 bits per heavy atom. The molecule has 2 unspecified atom stereocenters. The molecule has 0 aliphatic carbocycles. The van der Waals surface area contributed by atoms with Crippen molar-refractivity contribution in [2.45, 2.75) is 77.8 Å². The molecular formula is C42H56N8O8. The van der Waals surface area contributed by atoms with Crippen LogP contribution < -0.4 is 21.3 Å². The van der Waals surface area contributed by atoms with Gasteiger partial charge in [-0.15, -0.1) is 0 Å². The van der Waals surface area contributed by atoms with E-state index in [-0.39, 0.29) is 54.2 Å². The van der Waals surface area contributed by atoms with Gasteiger partial charge in [0.1, 0.15) is 29.9 Å². The zero-order chi connectivity index (χ0) is 41.9. The maximum absolute atomic E-state index is 12.8. The normalized spacial score (nSPS) is 17.6. The number of aromatic nitrogens is 4. The second-order valence-corrected chi connectivity index (χ2v) is 15.2. The number of carbonyl (C=O) groups is 4. The number of Topliss-reactive ketones (excluding diaryl/α,β-unsaturated/α-hetero) is 1. The Kier molecular flexibility index (Phi) is 15.2. The lowest BCUT2D eigenvalue weighted by Gasteiger charge is -2.29. The van der Waals surface area contributed by atoms with Gasteiger partial charge >= 0.3 is 12.2 Å². The fourth-order valence-corrected chi connectivity index (χ4v) is 6.52. The van der Waals surface area contributed by atoms with Crippen molar-refractivity contribution in [3.05, 3.63) is 83.8 Å². The van der Waals surface area contributed by atoms with E-state index in [9.17, 15) is 19.2 Å². The molecule has 0 saturated carbocycles. The number of hydrogen-bond donors (Lipinski definition) is 6. The van der Waals surface area contributed by atoms with Gasteiger partial charge in [0, 0.05) is 12.5 Å². The van der Waals surface area contributed by atoms with Gasteiger partial charge in [0.15, 0.2) is 5.78 Å². The molecule has 1 saturated heterocycles. The van der Waals surface area contributed by atoms with Crippen molar-refractivity contribution >= 4 is 23.9 Å². The van der Waals surface area contributed by atoms with E-state index in [1.807, 2.05) is 53.7 Å². The number of nitrogens with zero attached hydrogens (tertiary/aromatic N) is 2. The number of rotatable bonds is 17. The second-order valence-electron chi connectivity index (χ2n) is 15.2. The van der Waals surface area contributed by atoms with Gasteiger partial charge in [-0.1, -0.05) is 83.1 Å². The molecule has 5 rings (SSSR count). The maximum Gasteiger partial charge on any atom is 0.407 e. The average molecular weight is 801 g/mol. The highest BCUT2D eigenvalue weighted by molar-refractivity contribution is 5.89. The van der Waals surface area contributed by atoms with Crippen molar-refractivity contribution in [1.82, 2.24) is 41.2 Å². The molecule has 3 heterocycles. The smallest absolute Gasteiger partial charge is 0.407 e. The molecule has 2 aromatic carbocycles. The molecule has 6 N–H and O–H groups in total. The van der Waals surface area contributed by atoms with Crippen LogP contribution in [0.15, 0.2) is 60.9 Å². The minimum atomic E-state index is -0.714. The highest BCUT2D eigenvalue weighted by Gasteiger charge is 2.29. The molecular weight excluding hydrogens is 745 g/mol. The van der Waals surface area contributed by atoms with E-state index in [1.54, 1.807) is 12.4 Å². The second kappa shape index (κ2) is 20.2. The summed E-state index contributed by atoms with van der Waals surface area (Å²) in [7, 11) is 2.53. The lowest BCUT2D eigenvalue weighted by molar-refractivity contribution is -0.138. The van der Waals surface area contributed by atoms with Gasteiger partial charge in [-0.05, 0) is 41.0 Å². The number of imidazole rings is 2. The minimum absolute atomic E-state index is 0.0646. The highest BCUT2D eigenvalue weighted by atomic mass is 16.6. The predicted octanol–water partition coefficient (Wildman–Crippen LogP) is 5.50. The number of ketones is 1. The number of methoxy groups -OCH3 is 2. The van der Waals surface area contributed by atoms with Crippen LogP contribution in [0.2, 0.25) is 0 Å². The van der Waals surface area contributed by atoms with Gasteiger partial charge in [0.2, 0.25) is 5.91 Å². The van der Waals surface area contributed by atoms with Gasteiger partial charge < -0.3 is 50.2 Å². The predicted molar refractivity (Wildman–Crippen MR) is 217 cm³/mol. The third kappa shape index (κ3) is 11.3. The topological polar surface area (TPSA) is 211 Å². The number of nitrogens with one attached hydrogen (secondary N) is 6. The summed E-state index contributed by atoms with van der Waals surface area (Å²) < 4.78 is 21.8. The van der Waals surface area contributed by atoms with E-state index in [2.05, 4.69) is 87.1 Å². The lowest BCUT2D eigenvalue weighted by Crippen LogP contribution is -2.50. The minimum Gasteiger partial charge on any atom is -0.453 e. The van der Waals surface area contributed by atoms with Crippen LogP contribution in [0.4, 0.5) is 9.59 Å². The van der Waals surface area contributed by atoms with E-state index >= 15 is 0 Å². The first-order valence-electron chi connectivity index (χ1n) is 19.5. The van der Waals surface area contributed by atoms with Crippen LogP contribution in [0.1, 0.15) is 88.6 Å². The van der Waals surface area contributed by atoms with E-state index in [0.29, 0.717) is 31.4 Å². The maximum atomic E-state index is 12.8. The third-order valence-corrected chi connectivity index (χ3v) is 10.2. The summed E-state index contributed by atoms with van der Waals surface area (Å²) in [6.45, 7) is 12.4. The molecule has 4 aromatic rings. The summed E-state index contributed by atoms with van der Waals surface area (Å²) >= 11 is 0. The Labute approximate surface area is 339 Å². The molecule has 0 bridgehead atoms. The number of amides is 3. The van der Waals surface area contributed by atoms with Gasteiger partial charge in [-0.3, -0.25) is 9.59 Å². The van der Waals surface area contributed by atoms with Gasteiger partial charge in [-0.2, -0.15) is 0 Å². The van der Waals surface area contributed by atoms with Crippen LogP contribution >= 0.6 is 0 Å². The molecule has 312 valence electrons. The summed E-state index contributed by atoms with van der Waals surface area (Å²) in [6.07, 6.45) is 1.71. The Morgan fingerprint density at radius 1 is 0.724 bits per heavy atom. The molecule has 2 aromatic heterocycles. The van der Waals surface area contributed by atoms with Crippen LogP contribution in [-0.2, 0) is 28.5 Å². The van der Waals surface area contributed by atoms with Crippen molar-refractivity contribution in [3.63, 3.8) is 0 Å². The van der Waals surface area contributed by atoms with Crippen molar-refractivity contribution in [3.8, 4) is 22.4 Å². The molecule has 16 nitrogen and oxygen atoms in total. The van der Waals surface area contributed by atoms with Crippen LogP contribution in [0.3, 0.4) is 0 Å². The van der Waals surface area contributed by atoms with Gasteiger partial charge in [0.05, 0.1) is 69.8 Å². The summed E-state index contributed by atoms with van der Waals surface area (Å²) in [6, 6.07) is 14.9. The fourth-order valence-electron chi connectivity index (χ4n) is 6.52. The Balaban J connectivity index is 1.09. The molecule has 0 spiro atoms. The zero-order valence-electron chi connectivity index (χ0n) is 34.4. The van der Waals surface area contributed by atoms with Crippen LogP contribution in [-0.4, -0.2) is 96.4 Å². The van der Waals surface area contributed by atoms with E-state index in [0.717, 1.165) is 33.6 Å². The van der Waals surface area contributed by atoms with E-state index < -0.39 is 24.3 Å². The molecule has 1 fully saturated rings. The first kappa shape index (κ1) is 43.5. The van der Waals surface area contributed by atoms with Crippen molar-refractivity contribution in [2.24, 2.45) is 11.8 Å². The summed E-state index contributed by atoms with van der Waals surface area (Å²) in [4.78, 5) is 64.7. The first-order chi connectivity index (χ1) is 27.8. The Bertz CT molecular complexity index is 1970. The molecule has 16 heteroatoms. The standard InChI is InChI=1S/C42H56N8O8/c1-23(2)36(49-41(53)55-7)33(51)20-43-26(6)39-45-18-31(47-39)29-13-9-27(10-14-29)28-11-15-30(16-12-28)34-21-58-35(22-57-34)32-19-44-38(48-32)25(5)17-46-40(52)37(24(3)4)50-42(54)56-8/h9-16,18-19,23-26,34-37,43H,17,20-22H2,1-8H3,(H,44,48)(H,45,47)(H,46,52)(H,49,53)(H,50,54)/t25-,26-,34?,35?,36-,37-/m1/s1. The summed E-state index contributed by atoms with van der Waals surface area (Å²) in [5.41, 5.74) is 5.77. The molecule has 3 amide bonds. The quantitative estimate of drug-likeness (QED) is 0.0786. The molecule has 0 radical (unpaired) electrons. The van der Waals surface area contributed by atoms with Gasteiger partial charge in [0.25, 0.3) is 0 Å². The summed E-state index contributed by atoms with van der Waals surface area (Å²) in [5.74, 6) is 0.655. The average Bonchev–Trinajstić information content (AvgIpc) is 3.94. The summed E-state index contributed by atoms with van der Waals surface area (Å²) in [5, 5.41) is 11.3. The van der Waals surface area contributed by atoms with Crippen LogP contribution in [0.25, 0.3) is 22.4 Å². The van der Waals surface area contributed by atoms with Crippen LogP contribution in [0, 0.1) is 11.8 Å². The van der Waals surface area contributed by atoms with Crippen molar-refractivity contribution in [1.29, 1.82) is 0 Å². The molecule has 58 heavy (non-hydrogen) atoms. The SMILES string of the molecule is COC(=O)N[C@@H](C(=O)CN[C@H](C)c1ncc(-c2ccc(-c3ccc(C4COC(c5cnc([C@H](C)CNC(=O)[C@H](NC(=O)OC)C(C)C)[nH]5)CO4)cc3)cc2)[nH]1)C(C)C. The fraction of sp³-hybridized carbons (Fsp3) is 0.476. The number of benzene rings is 2. The number of alkyl carbamates (subject to hydrolysis) is 2. The van der Waals surface area contributed by atoms with Crippen molar-refractivity contribution < 1.29 is 38.1 Å². The van der Waals surface area contributed by atoms with Gasteiger partial charge in [-0.25, -0.2) is 19.6 Å². The molecule has 1 aliphatic rings. The number of hydrogen-bond acceptors (Lipinski definition) is 11. The Morgan fingerprint density at radius 3 is 1.86 bits per heavy atom. The largest absolute Gasteiger partial charge is 0.453 e. The van der Waals surface area contributed by atoms with Crippen molar-refractivity contribution in [2.75, 3.05) is 40.5 Å². The van der Waals surface area contributed by atoms with E-state index in [4.69, 9.17) is 9.47 Å². The number of carbonyl (C=O) groups excluding carboxylic acids is 4. The monoisotopic (exact) mass is 800 g/mol. The lowest BCUT2D eigenvalue weighted by atomic mass is 10.00. The number of ether oxygens (including phenoxy) is 4.